The van der Waals surface area contributed by atoms with E-state index in [0.29, 0.717) is 27.4 Å². The highest BCUT2D eigenvalue weighted by molar-refractivity contribution is 7.96. The molecule has 0 N–H and O–H groups in total. The Balaban J connectivity index is 0.00000181. The molecule has 2 fully saturated rings. The Morgan fingerprint density at radius 2 is 1.41 bits per heavy atom. The third-order valence-corrected chi connectivity index (χ3v) is 10.9. The first-order valence-corrected chi connectivity index (χ1v) is 14.4. The maximum absolute atomic E-state index is 9.03. The molecule has 0 aromatic heterocycles. The number of methoxy groups -OCH3 is 1. The van der Waals surface area contributed by atoms with Crippen LogP contribution in [0.5, 0.6) is 5.75 Å². The summed E-state index contributed by atoms with van der Waals surface area (Å²) in [6.07, 6.45) is 10.0. The van der Waals surface area contributed by atoms with E-state index in [9.17, 15) is 0 Å². The second-order valence-electron chi connectivity index (χ2n) is 8.17. The van der Waals surface area contributed by atoms with Gasteiger partial charge >= 0.3 is 0 Å². The summed E-state index contributed by atoms with van der Waals surface area (Å²) in [4.78, 5) is 0. The van der Waals surface area contributed by atoms with Gasteiger partial charge in [0.1, 0.15) is 40.3 Å². The molecule has 2 heterocycles. The van der Waals surface area contributed by atoms with Crippen molar-refractivity contribution in [2.75, 3.05) is 30.1 Å². The largest absolute Gasteiger partial charge is 1.00 e. The highest BCUT2D eigenvalue weighted by atomic mass is 79.9. The van der Waals surface area contributed by atoms with Gasteiger partial charge in [-0.2, -0.15) is 5.26 Å². The predicted octanol–water partition coefficient (Wildman–Crippen LogP) is -0.431. The lowest BCUT2D eigenvalue weighted by atomic mass is 10.0. The second kappa shape index (κ2) is 13.7. The molecule has 0 spiro atoms. The van der Waals surface area contributed by atoms with Crippen LogP contribution in [0.2, 0.25) is 0 Å². The molecule has 172 valence electrons. The van der Waals surface area contributed by atoms with Crippen LogP contribution < -0.4 is 38.7 Å². The van der Waals surface area contributed by atoms with Crippen LogP contribution in [0.25, 0.3) is 12.2 Å². The van der Waals surface area contributed by atoms with Gasteiger partial charge in [0.2, 0.25) is 0 Å². The lowest BCUT2D eigenvalue weighted by molar-refractivity contribution is -0.00100. The summed E-state index contributed by atoms with van der Waals surface area (Å²) < 4.78 is 5.86. The van der Waals surface area contributed by atoms with Crippen molar-refractivity contribution in [2.45, 2.75) is 37.2 Å². The zero-order valence-corrected chi connectivity index (χ0v) is 23.4. The van der Waals surface area contributed by atoms with E-state index in [1.54, 1.807) is 0 Å². The fraction of sp³-hybridized carbons (Fsp3) is 0.423. The van der Waals surface area contributed by atoms with E-state index in [-0.39, 0.29) is 34.0 Å². The second-order valence-corrected chi connectivity index (χ2v) is 12.8. The maximum Gasteiger partial charge on any atom is 0.136 e. The molecule has 0 saturated carbocycles. The SMILES string of the molecule is COc1cc(C[S+]2CCCC2)c(/C=C/c2ccc(C#N)cc2)cc1C[S+]1CCCC1.[Br-].[Br-]. The summed E-state index contributed by atoms with van der Waals surface area (Å²) in [5.74, 6) is 8.94. The van der Waals surface area contributed by atoms with Crippen LogP contribution in [-0.4, -0.2) is 30.1 Å². The standard InChI is InChI=1S/C26H31NOS2.2BrH/c1-28-26-17-24(19-29-12-2-3-13-29)23(16-25(26)20-30-14-4-5-15-30)11-10-21-6-8-22(18-27)9-7-21;;/h6-11,16-17H,2-5,12-15,19-20H2,1H3;2*1H/q+2;;/p-2/b11-10+;;. The molecule has 4 rings (SSSR count). The molecule has 0 bridgehead atoms. The molecule has 0 aliphatic carbocycles. The van der Waals surface area contributed by atoms with E-state index in [1.807, 2.05) is 31.4 Å². The number of hydrogen-bond acceptors (Lipinski definition) is 2. The Hall–Kier alpha value is -0.870. The predicted molar refractivity (Wildman–Crippen MR) is 133 cm³/mol. The van der Waals surface area contributed by atoms with E-state index < -0.39 is 0 Å². The molecule has 2 saturated heterocycles. The van der Waals surface area contributed by atoms with Crippen LogP contribution in [-0.2, 0) is 33.3 Å². The van der Waals surface area contributed by atoms with Gasteiger partial charge in [0.05, 0.1) is 18.7 Å². The third kappa shape index (κ3) is 7.32. The van der Waals surface area contributed by atoms with E-state index in [2.05, 4.69) is 30.4 Å². The summed E-state index contributed by atoms with van der Waals surface area (Å²) in [5.41, 5.74) is 6.00. The number of hydrogen-bond donors (Lipinski definition) is 0. The molecule has 0 radical (unpaired) electrons. The molecular formula is C26H31Br2NOS2. The van der Waals surface area contributed by atoms with Gasteiger partial charge in [-0.05, 0) is 82.9 Å². The molecule has 2 aromatic carbocycles. The fourth-order valence-electron chi connectivity index (χ4n) is 4.28. The first-order chi connectivity index (χ1) is 14.7. The molecule has 6 heteroatoms. The van der Waals surface area contributed by atoms with Gasteiger partial charge < -0.3 is 38.7 Å². The van der Waals surface area contributed by atoms with Crippen molar-refractivity contribution in [3.8, 4) is 11.8 Å². The lowest BCUT2D eigenvalue weighted by Crippen LogP contribution is -3.00. The monoisotopic (exact) mass is 595 g/mol. The zero-order chi connectivity index (χ0) is 20.8. The Kier molecular flexibility index (Phi) is 11.8. The molecule has 0 unspecified atom stereocenters. The average Bonchev–Trinajstić information content (AvgIpc) is 3.48. The average molecular weight is 597 g/mol. The molecular weight excluding hydrogens is 566 g/mol. The smallest absolute Gasteiger partial charge is 0.136 e. The van der Waals surface area contributed by atoms with Gasteiger partial charge in [-0.3, -0.25) is 0 Å². The minimum absolute atomic E-state index is 0. The molecule has 2 aliphatic heterocycles. The first-order valence-electron chi connectivity index (χ1n) is 10.9. The van der Waals surface area contributed by atoms with Gasteiger partial charge in [0, 0.05) is 11.1 Å². The van der Waals surface area contributed by atoms with Crippen molar-refractivity contribution in [3.63, 3.8) is 0 Å². The molecule has 32 heavy (non-hydrogen) atoms. The van der Waals surface area contributed by atoms with Crippen LogP contribution in [0.3, 0.4) is 0 Å². The maximum atomic E-state index is 9.03. The number of benzene rings is 2. The van der Waals surface area contributed by atoms with Crippen LogP contribution in [0, 0.1) is 11.3 Å². The van der Waals surface area contributed by atoms with Crippen molar-refractivity contribution in [3.05, 3.63) is 64.2 Å². The van der Waals surface area contributed by atoms with Crippen molar-refractivity contribution in [2.24, 2.45) is 0 Å². The summed E-state index contributed by atoms with van der Waals surface area (Å²) in [6.45, 7) is 0. The number of nitrogens with zero attached hydrogens (tertiary/aromatic N) is 1. The Morgan fingerprint density at radius 1 is 0.844 bits per heavy atom. The minimum atomic E-state index is 0. The number of ether oxygens (including phenoxy) is 1. The van der Waals surface area contributed by atoms with E-state index in [0.717, 1.165) is 17.1 Å². The van der Waals surface area contributed by atoms with E-state index in [1.165, 1.54) is 71.1 Å². The minimum Gasteiger partial charge on any atom is -1.00 e. The van der Waals surface area contributed by atoms with Gasteiger partial charge in [-0.15, -0.1) is 0 Å². The third-order valence-electron chi connectivity index (χ3n) is 5.99. The topological polar surface area (TPSA) is 33.0 Å². The van der Waals surface area contributed by atoms with Gasteiger partial charge in [0.15, 0.2) is 0 Å². The lowest BCUT2D eigenvalue weighted by Gasteiger charge is -2.13. The summed E-state index contributed by atoms with van der Waals surface area (Å²) in [7, 11) is 2.85. The fourth-order valence-corrected chi connectivity index (χ4v) is 9.07. The summed E-state index contributed by atoms with van der Waals surface area (Å²) in [5, 5.41) is 9.03. The van der Waals surface area contributed by atoms with E-state index in [4.69, 9.17) is 10.00 Å². The van der Waals surface area contributed by atoms with Gasteiger partial charge in [0.25, 0.3) is 0 Å². The van der Waals surface area contributed by atoms with Gasteiger partial charge in [-0.25, -0.2) is 0 Å². The van der Waals surface area contributed by atoms with Crippen LogP contribution in [0.15, 0.2) is 36.4 Å². The van der Waals surface area contributed by atoms with Crippen molar-refractivity contribution < 1.29 is 38.7 Å². The van der Waals surface area contributed by atoms with Crippen LogP contribution in [0.1, 0.15) is 53.5 Å². The first kappa shape index (κ1) is 27.4. The molecule has 2 aromatic rings. The highest BCUT2D eigenvalue weighted by Crippen LogP contribution is 2.31. The van der Waals surface area contributed by atoms with Crippen molar-refractivity contribution >= 4 is 33.9 Å². The Labute approximate surface area is 220 Å². The summed E-state index contributed by atoms with van der Waals surface area (Å²) in [6, 6.07) is 14.8. The number of rotatable bonds is 7. The number of halogens is 2. The van der Waals surface area contributed by atoms with Crippen LogP contribution in [0.4, 0.5) is 0 Å². The van der Waals surface area contributed by atoms with Gasteiger partial charge in [-0.1, -0.05) is 24.3 Å². The Morgan fingerprint density at radius 3 is 1.94 bits per heavy atom. The Bertz CT molecular complexity index is 928. The number of nitriles is 1. The quantitative estimate of drug-likeness (QED) is 0.321. The summed E-state index contributed by atoms with van der Waals surface area (Å²) >= 11 is 0. The molecule has 2 nitrogen and oxygen atoms in total. The zero-order valence-electron chi connectivity index (χ0n) is 18.6. The van der Waals surface area contributed by atoms with Crippen LogP contribution >= 0.6 is 0 Å². The molecule has 0 atom stereocenters. The van der Waals surface area contributed by atoms with E-state index >= 15 is 0 Å². The molecule has 2 aliphatic rings. The highest BCUT2D eigenvalue weighted by Gasteiger charge is 2.28. The van der Waals surface area contributed by atoms with Crippen molar-refractivity contribution in [1.29, 1.82) is 5.26 Å². The van der Waals surface area contributed by atoms with Crippen molar-refractivity contribution in [1.82, 2.24) is 0 Å². The molecule has 0 amide bonds. The normalized spacial score (nSPS) is 16.5.